The van der Waals surface area contributed by atoms with Crippen LogP contribution in [0.4, 0.5) is 10.1 Å². The van der Waals surface area contributed by atoms with E-state index in [0.29, 0.717) is 12.2 Å². The first kappa shape index (κ1) is 13.5. The van der Waals surface area contributed by atoms with E-state index in [4.69, 9.17) is 0 Å². The number of amides is 2. The van der Waals surface area contributed by atoms with Crippen molar-refractivity contribution >= 4 is 17.5 Å². The minimum absolute atomic E-state index is 0.134. The van der Waals surface area contributed by atoms with Gasteiger partial charge >= 0.3 is 0 Å². The second-order valence-corrected chi connectivity index (χ2v) is 4.74. The molecule has 19 heavy (non-hydrogen) atoms. The standard InChI is InChI=1S/C14H17FN2O2/c1-3-6-17-13(18)8-12(14(17)19)16-11-7-10(15)5-4-9(11)2/h4-5,7,12,16H,3,6,8H2,1-2H3. The lowest BCUT2D eigenvalue weighted by molar-refractivity contribution is -0.138. The number of carbonyl (C=O) groups excluding carboxylic acids is 2. The molecule has 1 saturated heterocycles. The Bertz CT molecular complexity index is 516. The lowest BCUT2D eigenvalue weighted by Gasteiger charge is -2.16. The molecule has 1 N–H and O–H groups in total. The molecule has 1 aromatic rings. The fourth-order valence-corrected chi connectivity index (χ4v) is 2.19. The van der Waals surface area contributed by atoms with Gasteiger partial charge in [0, 0.05) is 12.2 Å². The Morgan fingerprint density at radius 1 is 1.42 bits per heavy atom. The molecule has 1 heterocycles. The van der Waals surface area contributed by atoms with Crippen molar-refractivity contribution in [3.63, 3.8) is 0 Å². The highest BCUT2D eigenvalue weighted by molar-refractivity contribution is 6.06. The second kappa shape index (κ2) is 5.38. The summed E-state index contributed by atoms with van der Waals surface area (Å²) in [4.78, 5) is 25.0. The van der Waals surface area contributed by atoms with Crippen molar-refractivity contribution in [2.45, 2.75) is 32.7 Å². The first-order valence-corrected chi connectivity index (χ1v) is 6.39. The van der Waals surface area contributed by atoms with Crippen molar-refractivity contribution in [2.75, 3.05) is 11.9 Å². The minimum atomic E-state index is -0.584. The smallest absolute Gasteiger partial charge is 0.252 e. The molecule has 102 valence electrons. The van der Waals surface area contributed by atoms with Gasteiger partial charge in [-0.1, -0.05) is 13.0 Å². The van der Waals surface area contributed by atoms with Gasteiger partial charge in [0.25, 0.3) is 5.91 Å². The third-order valence-electron chi connectivity index (χ3n) is 3.22. The summed E-state index contributed by atoms with van der Waals surface area (Å²) in [6.45, 7) is 4.18. The highest BCUT2D eigenvalue weighted by Gasteiger charge is 2.37. The van der Waals surface area contributed by atoms with Crippen LogP contribution in [0.1, 0.15) is 25.3 Å². The molecule has 0 radical (unpaired) electrons. The molecule has 2 amide bonds. The average Bonchev–Trinajstić information content (AvgIpc) is 2.62. The molecule has 0 bridgehead atoms. The number of imide groups is 1. The quantitative estimate of drug-likeness (QED) is 0.847. The molecule has 2 rings (SSSR count). The lowest BCUT2D eigenvalue weighted by Crippen LogP contribution is -2.35. The van der Waals surface area contributed by atoms with Crippen molar-refractivity contribution in [1.29, 1.82) is 0 Å². The van der Waals surface area contributed by atoms with E-state index in [9.17, 15) is 14.0 Å². The number of nitrogens with zero attached hydrogens (tertiary/aromatic N) is 1. The van der Waals surface area contributed by atoms with Crippen LogP contribution < -0.4 is 5.32 Å². The van der Waals surface area contributed by atoms with Crippen molar-refractivity contribution in [1.82, 2.24) is 4.90 Å². The van der Waals surface area contributed by atoms with E-state index in [1.807, 2.05) is 13.8 Å². The third-order valence-corrected chi connectivity index (χ3v) is 3.22. The zero-order chi connectivity index (χ0) is 14.0. The van der Waals surface area contributed by atoms with Crippen LogP contribution in [0.15, 0.2) is 18.2 Å². The van der Waals surface area contributed by atoms with Crippen LogP contribution >= 0.6 is 0 Å². The van der Waals surface area contributed by atoms with Crippen LogP contribution in [0.25, 0.3) is 0 Å². The number of likely N-dealkylation sites (tertiary alicyclic amines) is 1. The molecule has 0 saturated carbocycles. The predicted molar refractivity (Wildman–Crippen MR) is 70.2 cm³/mol. The van der Waals surface area contributed by atoms with Gasteiger partial charge in [-0.3, -0.25) is 14.5 Å². The maximum Gasteiger partial charge on any atom is 0.252 e. The monoisotopic (exact) mass is 264 g/mol. The number of benzene rings is 1. The van der Waals surface area contributed by atoms with E-state index < -0.39 is 6.04 Å². The van der Waals surface area contributed by atoms with E-state index in [2.05, 4.69) is 5.32 Å². The van der Waals surface area contributed by atoms with Gasteiger partial charge in [-0.05, 0) is 31.0 Å². The van der Waals surface area contributed by atoms with Crippen LogP contribution in [0.2, 0.25) is 0 Å². The Balaban J connectivity index is 2.14. The van der Waals surface area contributed by atoms with Gasteiger partial charge in [0.15, 0.2) is 0 Å². The number of nitrogens with one attached hydrogen (secondary N) is 1. The van der Waals surface area contributed by atoms with Gasteiger partial charge in [-0.15, -0.1) is 0 Å². The molecule has 0 aliphatic carbocycles. The average molecular weight is 264 g/mol. The number of halogens is 1. The van der Waals surface area contributed by atoms with Crippen LogP contribution in [-0.2, 0) is 9.59 Å². The van der Waals surface area contributed by atoms with Gasteiger partial charge in [-0.25, -0.2) is 4.39 Å². The largest absolute Gasteiger partial charge is 0.373 e. The molecule has 1 aliphatic rings. The third kappa shape index (κ3) is 2.75. The Morgan fingerprint density at radius 3 is 2.84 bits per heavy atom. The first-order valence-electron chi connectivity index (χ1n) is 6.39. The van der Waals surface area contributed by atoms with Crippen LogP contribution in [-0.4, -0.2) is 29.3 Å². The Morgan fingerprint density at radius 2 is 2.16 bits per heavy atom. The molecule has 0 spiro atoms. The van der Waals surface area contributed by atoms with Gasteiger partial charge < -0.3 is 5.32 Å². The Hall–Kier alpha value is -1.91. The van der Waals surface area contributed by atoms with Gasteiger partial charge in [0.2, 0.25) is 5.91 Å². The highest BCUT2D eigenvalue weighted by atomic mass is 19.1. The predicted octanol–water partition coefficient (Wildman–Crippen LogP) is 2.08. The topological polar surface area (TPSA) is 49.4 Å². The van der Waals surface area contributed by atoms with Crippen LogP contribution in [0, 0.1) is 12.7 Å². The van der Waals surface area contributed by atoms with E-state index in [1.54, 1.807) is 6.07 Å². The first-order chi connectivity index (χ1) is 9.02. The number of carbonyl (C=O) groups is 2. The molecule has 1 fully saturated rings. The number of anilines is 1. The minimum Gasteiger partial charge on any atom is -0.373 e. The molecular weight excluding hydrogens is 247 g/mol. The molecule has 1 aromatic carbocycles. The summed E-state index contributed by atoms with van der Waals surface area (Å²) >= 11 is 0. The fraction of sp³-hybridized carbons (Fsp3) is 0.429. The number of rotatable bonds is 4. The zero-order valence-corrected chi connectivity index (χ0v) is 11.1. The van der Waals surface area contributed by atoms with Crippen molar-refractivity contribution in [2.24, 2.45) is 0 Å². The van der Waals surface area contributed by atoms with E-state index in [0.717, 1.165) is 12.0 Å². The van der Waals surface area contributed by atoms with Crippen molar-refractivity contribution in [3.05, 3.63) is 29.6 Å². The Kier molecular flexibility index (Phi) is 3.83. The van der Waals surface area contributed by atoms with E-state index >= 15 is 0 Å². The molecule has 1 unspecified atom stereocenters. The summed E-state index contributed by atoms with van der Waals surface area (Å²) in [7, 11) is 0. The number of hydrogen-bond acceptors (Lipinski definition) is 3. The molecule has 1 atom stereocenters. The SMILES string of the molecule is CCCN1C(=O)CC(Nc2cc(F)ccc2C)C1=O. The van der Waals surface area contributed by atoms with Gasteiger partial charge in [-0.2, -0.15) is 0 Å². The Labute approximate surface area is 111 Å². The molecule has 5 heteroatoms. The van der Waals surface area contributed by atoms with Crippen LogP contribution in [0.3, 0.4) is 0 Å². The van der Waals surface area contributed by atoms with E-state index in [-0.39, 0.29) is 24.1 Å². The summed E-state index contributed by atoms with van der Waals surface area (Å²) in [6.07, 6.45) is 0.873. The molecular formula is C14H17FN2O2. The van der Waals surface area contributed by atoms with Gasteiger partial charge in [0.1, 0.15) is 11.9 Å². The highest BCUT2D eigenvalue weighted by Crippen LogP contribution is 2.22. The van der Waals surface area contributed by atoms with Gasteiger partial charge in [0.05, 0.1) is 6.42 Å². The summed E-state index contributed by atoms with van der Waals surface area (Å²) in [5.74, 6) is -0.760. The molecule has 1 aliphatic heterocycles. The summed E-state index contributed by atoms with van der Waals surface area (Å²) in [5, 5.41) is 2.97. The molecule has 4 nitrogen and oxygen atoms in total. The van der Waals surface area contributed by atoms with Crippen molar-refractivity contribution in [3.8, 4) is 0 Å². The van der Waals surface area contributed by atoms with Crippen LogP contribution in [0.5, 0.6) is 0 Å². The van der Waals surface area contributed by atoms with Crippen molar-refractivity contribution < 1.29 is 14.0 Å². The summed E-state index contributed by atoms with van der Waals surface area (Å²) < 4.78 is 13.2. The lowest BCUT2D eigenvalue weighted by atomic mass is 10.1. The zero-order valence-electron chi connectivity index (χ0n) is 11.1. The molecule has 0 aromatic heterocycles. The maximum absolute atomic E-state index is 13.2. The van der Waals surface area contributed by atoms with E-state index in [1.165, 1.54) is 17.0 Å². The second-order valence-electron chi connectivity index (χ2n) is 4.74. The normalized spacial score (nSPS) is 19.1. The fourth-order valence-electron chi connectivity index (χ4n) is 2.19. The summed E-state index contributed by atoms with van der Waals surface area (Å²) in [6, 6.07) is 3.77. The number of aryl methyl sites for hydroxylation is 1. The summed E-state index contributed by atoms with van der Waals surface area (Å²) in [5.41, 5.74) is 1.40. The maximum atomic E-state index is 13.2. The number of hydrogen-bond donors (Lipinski definition) is 1.